The van der Waals surface area contributed by atoms with Crippen LogP contribution in [-0.2, 0) is 7.05 Å². The Bertz CT molecular complexity index is 938. The number of hydrogen-bond acceptors (Lipinski definition) is 5. The zero-order valence-corrected chi connectivity index (χ0v) is 14.4. The SMILES string of the molecule is COc1ccc(-c2n[nH]c(=S)n2N=Cc2cccn2C)cc1OC. The van der Waals surface area contributed by atoms with E-state index in [1.54, 1.807) is 25.1 Å². The van der Waals surface area contributed by atoms with Gasteiger partial charge in [0.1, 0.15) is 0 Å². The van der Waals surface area contributed by atoms with Crippen molar-refractivity contribution in [3.8, 4) is 22.9 Å². The fraction of sp³-hybridized carbons (Fsp3) is 0.188. The molecule has 0 radical (unpaired) electrons. The van der Waals surface area contributed by atoms with Gasteiger partial charge in [-0.05, 0) is 42.5 Å². The Morgan fingerprint density at radius 1 is 1.21 bits per heavy atom. The molecule has 2 aromatic heterocycles. The number of hydrogen-bond donors (Lipinski definition) is 1. The predicted octanol–water partition coefficient (Wildman–Crippen LogP) is 2.85. The van der Waals surface area contributed by atoms with Crippen LogP contribution < -0.4 is 9.47 Å². The first kappa shape index (κ1) is 16.0. The van der Waals surface area contributed by atoms with Crippen LogP contribution in [0, 0.1) is 4.77 Å². The Morgan fingerprint density at radius 2 is 2.00 bits per heavy atom. The lowest BCUT2D eigenvalue weighted by atomic mass is 10.2. The predicted molar refractivity (Wildman–Crippen MR) is 94.4 cm³/mol. The molecule has 1 aromatic carbocycles. The molecule has 1 N–H and O–H groups in total. The molecule has 3 aromatic rings. The summed E-state index contributed by atoms with van der Waals surface area (Å²) in [6.45, 7) is 0. The number of aromatic amines is 1. The van der Waals surface area contributed by atoms with Crippen molar-refractivity contribution < 1.29 is 9.47 Å². The van der Waals surface area contributed by atoms with E-state index >= 15 is 0 Å². The van der Waals surface area contributed by atoms with Gasteiger partial charge in [0.15, 0.2) is 17.3 Å². The molecular weight excluding hydrogens is 326 g/mol. The van der Waals surface area contributed by atoms with Gasteiger partial charge in [-0.25, -0.2) is 5.10 Å². The Labute approximate surface area is 144 Å². The normalized spacial score (nSPS) is 11.1. The quantitative estimate of drug-likeness (QED) is 0.571. The second-order valence-electron chi connectivity index (χ2n) is 5.02. The molecule has 0 spiro atoms. The Morgan fingerprint density at radius 3 is 2.67 bits per heavy atom. The third-order valence-electron chi connectivity index (χ3n) is 3.58. The van der Waals surface area contributed by atoms with Gasteiger partial charge in [-0.2, -0.15) is 14.9 Å². The minimum Gasteiger partial charge on any atom is -0.493 e. The second-order valence-corrected chi connectivity index (χ2v) is 5.41. The van der Waals surface area contributed by atoms with E-state index in [2.05, 4.69) is 15.3 Å². The number of H-pyrrole nitrogens is 1. The van der Waals surface area contributed by atoms with Gasteiger partial charge in [0.2, 0.25) is 4.77 Å². The molecule has 24 heavy (non-hydrogen) atoms. The molecule has 0 fully saturated rings. The third kappa shape index (κ3) is 2.95. The van der Waals surface area contributed by atoms with Gasteiger partial charge in [0.05, 0.1) is 26.1 Å². The number of rotatable bonds is 5. The van der Waals surface area contributed by atoms with E-state index in [1.165, 1.54) is 0 Å². The van der Waals surface area contributed by atoms with Crippen LogP contribution in [0.1, 0.15) is 5.69 Å². The number of ether oxygens (including phenoxy) is 2. The number of aromatic nitrogens is 4. The Kier molecular flexibility index (Phi) is 4.48. The van der Waals surface area contributed by atoms with Crippen LogP contribution in [0.3, 0.4) is 0 Å². The van der Waals surface area contributed by atoms with Gasteiger partial charge in [-0.3, -0.25) is 0 Å². The average Bonchev–Trinajstić information content (AvgIpc) is 3.17. The highest BCUT2D eigenvalue weighted by molar-refractivity contribution is 7.71. The summed E-state index contributed by atoms with van der Waals surface area (Å²) in [5, 5.41) is 11.5. The Balaban J connectivity index is 2.03. The number of methoxy groups -OCH3 is 2. The smallest absolute Gasteiger partial charge is 0.216 e. The second kappa shape index (κ2) is 6.71. The van der Waals surface area contributed by atoms with Crippen LogP contribution in [0.25, 0.3) is 11.4 Å². The minimum atomic E-state index is 0.408. The van der Waals surface area contributed by atoms with Crippen molar-refractivity contribution in [1.29, 1.82) is 0 Å². The molecule has 0 aliphatic carbocycles. The maximum Gasteiger partial charge on any atom is 0.216 e. The van der Waals surface area contributed by atoms with Crippen molar-refractivity contribution in [1.82, 2.24) is 19.4 Å². The summed E-state index contributed by atoms with van der Waals surface area (Å²) >= 11 is 5.28. The van der Waals surface area contributed by atoms with Crippen LogP contribution >= 0.6 is 12.2 Å². The highest BCUT2D eigenvalue weighted by Crippen LogP contribution is 2.31. The maximum absolute atomic E-state index is 5.34. The molecule has 3 rings (SSSR count). The minimum absolute atomic E-state index is 0.408. The van der Waals surface area contributed by atoms with Crippen LogP contribution in [0.15, 0.2) is 41.6 Å². The van der Waals surface area contributed by atoms with Crippen LogP contribution in [0.2, 0.25) is 0 Å². The van der Waals surface area contributed by atoms with Gasteiger partial charge in [0, 0.05) is 18.8 Å². The first-order chi connectivity index (χ1) is 11.6. The molecule has 0 saturated heterocycles. The van der Waals surface area contributed by atoms with Crippen LogP contribution in [0.4, 0.5) is 0 Å². The molecule has 2 heterocycles. The zero-order valence-electron chi connectivity index (χ0n) is 13.6. The molecule has 0 unspecified atom stereocenters. The number of nitrogens with zero attached hydrogens (tertiary/aromatic N) is 4. The molecule has 0 aliphatic heterocycles. The number of aryl methyl sites for hydroxylation is 1. The maximum atomic E-state index is 5.34. The summed E-state index contributed by atoms with van der Waals surface area (Å²) in [6, 6.07) is 9.44. The lowest BCUT2D eigenvalue weighted by Crippen LogP contribution is -1.98. The van der Waals surface area contributed by atoms with Crippen molar-refractivity contribution in [2.24, 2.45) is 12.1 Å². The van der Waals surface area contributed by atoms with Crippen LogP contribution in [-0.4, -0.2) is 39.9 Å². The summed E-state index contributed by atoms with van der Waals surface area (Å²) in [7, 11) is 5.13. The average molecular weight is 343 g/mol. The molecule has 0 saturated carbocycles. The lowest BCUT2D eigenvalue weighted by Gasteiger charge is -2.09. The monoisotopic (exact) mass is 343 g/mol. The number of benzene rings is 1. The van der Waals surface area contributed by atoms with E-state index in [-0.39, 0.29) is 0 Å². The third-order valence-corrected chi connectivity index (χ3v) is 3.85. The van der Waals surface area contributed by atoms with E-state index in [9.17, 15) is 0 Å². The van der Waals surface area contributed by atoms with E-state index in [0.29, 0.717) is 22.1 Å². The summed E-state index contributed by atoms with van der Waals surface area (Å²) in [4.78, 5) is 0. The van der Waals surface area contributed by atoms with E-state index in [4.69, 9.17) is 21.7 Å². The molecule has 124 valence electrons. The van der Waals surface area contributed by atoms with Crippen molar-refractivity contribution in [3.63, 3.8) is 0 Å². The van der Waals surface area contributed by atoms with Crippen molar-refractivity contribution in [2.75, 3.05) is 14.2 Å². The fourth-order valence-corrected chi connectivity index (χ4v) is 2.47. The van der Waals surface area contributed by atoms with E-state index in [1.807, 2.05) is 48.1 Å². The first-order valence-corrected chi connectivity index (χ1v) is 7.60. The van der Waals surface area contributed by atoms with Crippen molar-refractivity contribution in [2.45, 2.75) is 0 Å². The first-order valence-electron chi connectivity index (χ1n) is 7.19. The Hall–Kier alpha value is -2.87. The molecule has 0 amide bonds. The summed E-state index contributed by atoms with van der Waals surface area (Å²) in [5.74, 6) is 1.85. The molecular formula is C16H17N5O2S. The van der Waals surface area contributed by atoms with Gasteiger partial charge in [-0.15, -0.1) is 0 Å². The van der Waals surface area contributed by atoms with Crippen molar-refractivity contribution >= 4 is 18.4 Å². The molecule has 0 aliphatic rings. The van der Waals surface area contributed by atoms with Crippen molar-refractivity contribution in [3.05, 3.63) is 47.0 Å². The summed E-state index contributed by atoms with van der Waals surface area (Å²) < 4.78 is 14.5. The number of nitrogens with one attached hydrogen (secondary N) is 1. The molecule has 8 heteroatoms. The van der Waals surface area contributed by atoms with Gasteiger partial charge in [0.25, 0.3) is 0 Å². The summed E-state index contributed by atoms with van der Waals surface area (Å²) in [6.07, 6.45) is 3.68. The fourth-order valence-electron chi connectivity index (χ4n) is 2.29. The standard InChI is InChI=1S/C16H17N5O2S/c1-20-8-4-5-12(20)10-17-21-15(18-19-16(21)24)11-6-7-13(22-2)14(9-11)23-3/h4-10H,1-3H3,(H,19,24). The highest BCUT2D eigenvalue weighted by Gasteiger charge is 2.12. The van der Waals surface area contributed by atoms with E-state index in [0.717, 1.165) is 11.3 Å². The molecule has 7 nitrogen and oxygen atoms in total. The van der Waals surface area contributed by atoms with Gasteiger partial charge >= 0.3 is 0 Å². The highest BCUT2D eigenvalue weighted by atomic mass is 32.1. The van der Waals surface area contributed by atoms with E-state index < -0.39 is 0 Å². The summed E-state index contributed by atoms with van der Waals surface area (Å²) in [5.41, 5.74) is 1.76. The van der Waals surface area contributed by atoms with Gasteiger partial charge < -0.3 is 14.0 Å². The lowest BCUT2D eigenvalue weighted by molar-refractivity contribution is 0.355. The molecule has 0 atom stereocenters. The molecule has 0 bridgehead atoms. The zero-order chi connectivity index (χ0) is 17.1. The largest absolute Gasteiger partial charge is 0.493 e. The topological polar surface area (TPSA) is 69.4 Å². The van der Waals surface area contributed by atoms with Gasteiger partial charge in [-0.1, -0.05) is 0 Å². The van der Waals surface area contributed by atoms with Crippen LogP contribution in [0.5, 0.6) is 11.5 Å².